The largest absolute Gasteiger partial charge is 0.354 e. The Morgan fingerprint density at radius 2 is 1.08 bits per heavy atom. The van der Waals surface area contributed by atoms with E-state index >= 15 is 0 Å². The van der Waals surface area contributed by atoms with Crippen LogP contribution in [0.1, 0.15) is 51.4 Å². The van der Waals surface area contributed by atoms with Gasteiger partial charge in [0.2, 0.25) is 0 Å². The maximum Gasteiger partial charge on any atom is 0.354 e. The number of halogens is 1. The summed E-state index contributed by atoms with van der Waals surface area (Å²) in [5.41, 5.74) is 0. The Balaban J connectivity index is 1.84. The molecule has 0 aromatic rings. The molecule has 2 fully saturated rings. The second-order valence-corrected chi connectivity index (χ2v) is 4.53. The Labute approximate surface area is 75.0 Å². The predicted molar refractivity (Wildman–Crippen MR) is 51.3 cm³/mol. The van der Waals surface area contributed by atoms with Gasteiger partial charge in [0, 0.05) is 0 Å². The summed E-state index contributed by atoms with van der Waals surface area (Å²) in [6.45, 7) is -0.449. The van der Waals surface area contributed by atoms with Crippen LogP contribution in [0.15, 0.2) is 0 Å². The van der Waals surface area contributed by atoms with Crippen LogP contribution in [-0.4, -0.2) is 6.99 Å². The highest BCUT2D eigenvalue weighted by Crippen LogP contribution is 2.43. The molecular weight excluding hydrogens is 150 g/mol. The lowest BCUT2D eigenvalue weighted by atomic mass is 9.49. The first-order valence-electron chi connectivity index (χ1n) is 5.52. The molecule has 0 nitrogen and oxygen atoms in total. The minimum atomic E-state index is -0.449. The molecule has 2 heteroatoms. The fourth-order valence-corrected chi connectivity index (χ4v) is 2.94. The van der Waals surface area contributed by atoms with Crippen molar-refractivity contribution in [2.24, 2.45) is 0 Å². The van der Waals surface area contributed by atoms with Gasteiger partial charge in [0.15, 0.2) is 0 Å². The second-order valence-electron chi connectivity index (χ2n) is 4.53. The molecule has 0 bridgehead atoms. The summed E-state index contributed by atoms with van der Waals surface area (Å²) in [5, 5.41) is 0. The van der Waals surface area contributed by atoms with Crippen LogP contribution in [-0.2, 0) is 0 Å². The molecule has 0 aliphatic heterocycles. The van der Waals surface area contributed by atoms with E-state index in [1.54, 1.807) is 0 Å². The number of hydrogen-bond acceptors (Lipinski definition) is 0. The van der Waals surface area contributed by atoms with Gasteiger partial charge in [0.1, 0.15) is 0 Å². The third-order valence-electron chi connectivity index (χ3n) is 3.70. The smallest absolute Gasteiger partial charge is 0.336 e. The zero-order valence-corrected chi connectivity index (χ0v) is 7.77. The highest BCUT2D eigenvalue weighted by molar-refractivity contribution is 6.54. The molecule has 0 saturated heterocycles. The summed E-state index contributed by atoms with van der Waals surface area (Å²) in [5.74, 6) is 0.876. The van der Waals surface area contributed by atoms with Gasteiger partial charge in [0.25, 0.3) is 0 Å². The van der Waals surface area contributed by atoms with E-state index < -0.39 is 6.99 Å². The minimum absolute atomic E-state index is 0.438. The van der Waals surface area contributed by atoms with E-state index in [0.29, 0.717) is 11.6 Å². The summed E-state index contributed by atoms with van der Waals surface area (Å²) in [4.78, 5) is 0. The van der Waals surface area contributed by atoms with Gasteiger partial charge in [-0.15, -0.1) is 0 Å². The molecule has 2 aliphatic carbocycles. The molecule has 0 heterocycles. The molecule has 0 aromatic carbocycles. The van der Waals surface area contributed by atoms with Crippen LogP contribution in [0, 0.1) is 0 Å². The molecule has 12 heavy (non-hydrogen) atoms. The summed E-state index contributed by atoms with van der Waals surface area (Å²) in [6, 6.07) is 0. The van der Waals surface area contributed by atoms with Gasteiger partial charge in [-0.25, -0.2) is 0 Å². The SMILES string of the molecule is FB(C1CCCC1)C1CCCC1. The van der Waals surface area contributed by atoms with E-state index in [-0.39, 0.29) is 0 Å². The highest BCUT2D eigenvalue weighted by Gasteiger charge is 2.37. The highest BCUT2D eigenvalue weighted by atomic mass is 19.1. The summed E-state index contributed by atoms with van der Waals surface area (Å²) < 4.78 is 13.8. The summed E-state index contributed by atoms with van der Waals surface area (Å²) in [6.07, 6.45) is 9.76. The lowest BCUT2D eigenvalue weighted by molar-refractivity contribution is 0.659. The number of hydrogen-bond donors (Lipinski definition) is 0. The summed E-state index contributed by atoms with van der Waals surface area (Å²) in [7, 11) is 0. The van der Waals surface area contributed by atoms with Crippen molar-refractivity contribution in [3.05, 3.63) is 0 Å². The molecule has 0 radical (unpaired) electrons. The van der Waals surface area contributed by atoms with E-state index in [9.17, 15) is 4.32 Å². The molecule has 0 N–H and O–H groups in total. The van der Waals surface area contributed by atoms with Gasteiger partial charge in [-0.2, -0.15) is 0 Å². The van der Waals surface area contributed by atoms with Gasteiger partial charge in [-0.1, -0.05) is 51.4 Å². The van der Waals surface area contributed by atoms with E-state index in [4.69, 9.17) is 0 Å². The zero-order valence-electron chi connectivity index (χ0n) is 7.77. The van der Waals surface area contributed by atoms with Crippen molar-refractivity contribution in [2.45, 2.75) is 63.0 Å². The van der Waals surface area contributed by atoms with Crippen LogP contribution in [0.25, 0.3) is 0 Å². The molecule has 2 aliphatic rings. The number of rotatable bonds is 2. The maximum absolute atomic E-state index is 13.8. The lowest BCUT2D eigenvalue weighted by Gasteiger charge is -2.16. The van der Waals surface area contributed by atoms with Crippen molar-refractivity contribution in [3.8, 4) is 0 Å². The van der Waals surface area contributed by atoms with Gasteiger partial charge in [-0.05, 0) is 11.6 Å². The molecule has 0 spiro atoms. The molecular formula is C10H18BF. The molecule has 2 rings (SSSR count). The molecule has 0 amide bonds. The van der Waals surface area contributed by atoms with Crippen molar-refractivity contribution < 1.29 is 4.32 Å². The quantitative estimate of drug-likeness (QED) is 0.549. The first kappa shape index (κ1) is 8.59. The van der Waals surface area contributed by atoms with E-state index in [0.717, 1.165) is 25.7 Å². The third kappa shape index (κ3) is 1.67. The van der Waals surface area contributed by atoms with Crippen LogP contribution >= 0.6 is 0 Å². The lowest BCUT2D eigenvalue weighted by Crippen LogP contribution is -2.18. The van der Waals surface area contributed by atoms with E-state index in [1.165, 1.54) is 25.7 Å². The van der Waals surface area contributed by atoms with Gasteiger partial charge >= 0.3 is 6.99 Å². The molecule has 0 atom stereocenters. The molecule has 68 valence electrons. The monoisotopic (exact) mass is 168 g/mol. The first-order chi connectivity index (χ1) is 5.88. The Bertz CT molecular complexity index is 121. The van der Waals surface area contributed by atoms with Crippen LogP contribution in [0.4, 0.5) is 4.32 Å². The van der Waals surface area contributed by atoms with Gasteiger partial charge in [-0.3, -0.25) is 0 Å². The normalized spacial score (nSPS) is 26.8. The molecule has 0 unspecified atom stereocenters. The van der Waals surface area contributed by atoms with Crippen molar-refractivity contribution in [3.63, 3.8) is 0 Å². The maximum atomic E-state index is 13.8. The van der Waals surface area contributed by atoms with Crippen LogP contribution in [0.3, 0.4) is 0 Å². The van der Waals surface area contributed by atoms with Crippen molar-refractivity contribution in [1.29, 1.82) is 0 Å². The van der Waals surface area contributed by atoms with Gasteiger partial charge in [0.05, 0.1) is 0 Å². The van der Waals surface area contributed by atoms with Crippen LogP contribution < -0.4 is 0 Å². The van der Waals surface area contributed by atoms with Crippen molar-refractivity contribution in [2.75, 3.05) is 0 Å². The van der Waals surface area contributed by atoms with E-state index in [2.05, 4.69) is 0 Å². The fourth-order valence-electron chi connectivity index (χ4n) is 2.94. The standard InChI is InChI=1S/C10H18BF/c12-11(9-5-1-2-6-9)10-7-3-4-8-10/h9-10H,1-8H2. The predicted octanol–water partition coefficient (Wildman–Crippen LogP) is 3.84. The third-order valence-corrected chi connectivity index (χ3v) is 3.70. The van der Waals surface area contributed by atoms with Crippen LogP contribution in [0.2, 0.25) is 11.6 Å². The van der Waals surface area contributed by atoms with Crippen molar-refractivity contribution >= 4 is 6.99 Å². The van der Waals surface area contributed by atoms with Crippen molar-refractivity contribution in [1.82, 2.24) is 0 Å². The van der Waals surface area contributed by atoms with Crippen LogP contribution in [0.5, 0.6) is 0 Å². The topological polar surface area (TPSA) is 0 Å². The Morgan fingerprint density at radius 3 is 1.42 bits per heavy atom. The second kappa shape index (κ2) is 3.80. The summed E-state index contributed by atoms with van der Waals surface area (Å²) >= 11 is 0. The average Bonchev–Trinajstić information content (AvgIpc) is 2.77. The van der Waals surface area contributed by atoms with E-state index in [1.807, 2.05) is 0 Å². The Morgan fingerprint density at radius 1 is 0.750 bits per heavy atom. The van der Waals surface area contributed by atoms with Gasteiger partial charge < -0.3 is 4.32 Å². The Kier molecular flexibility index (Phi) is 2.72. The fraction of sp³-hybridized carbons (Fsp3) is 1.00. The molecule has 0 aromatic heterocycles. The minimum Gasteiger partial charge on any atom is -0.336 e. The molecule has 2 saturated carbocycles. The Hall–Kier alpha value is -0.00506. The average molecular weight is 168 g/mol. The zero-order chi connectivity index (χ0) is 8.39. The first-order valence-corrected chi connectivity index (χ1v) is 5.52.